The number of rotatable bonds is 6. The molecule has 17 rings (SSSR count). The van der Waals surface area contributed by atoms with Gasteiger partial charge in [0, 0.05) is 65.1 Å². The summed E-state index contributed by atoms with van der Waals surface area (Å²) in [6.45, 7) is 0. The Bertz CT molecular complexity index is 4990. The van der Waals surface area contributed by atoms with Gasteiger partial charge in [-0.15, -0.1) is 0 Å². The zero-order chi connectivity index (χ0) is 51.9. The molecule has 0 bridgehead atoms. The maximum absolute atomic E-state index is 12.9. The molecule has 12 aromatic carbocycles. The highest BCUT2D eigenvalue weighted by atomic mass is 15.1. The summed E-state index contributed by atoms with van der Waals surface area (Å²) in [5, 5.41) is 24.1. The van der Waals surface area contributed by atoms with Gasteiger partial charge in [-0.2, -0.15) is 5.26 Å². The van der Waals surface area contributed by atoms with Gasteiger partial charge in [-0.25, -0.2) is 0 Å². The Kier molecular flexibility index (Phi) is 9.10. The van der Waals surface area contributed by atoms with Gasteiger partial charge >= 0.3 is 0 Å². The van der Waals surface area contributed by atoms with Crippen LogP contribution in [0.4, 0.5) is 0 Å². The Labute approximate surface area is 452 Å². The number of nitrogens with zero attached hydrogens (tertiary/aromatic N) is 6. The molecular formula is C73H44N6. The minimum Gasteiger partial charge on any atom is -0.309 e. The Hall–Kier alpha value is -10.9. The summed E-state index contributed by atoms with van der Waals surface area (Å²) < 4.78 is 12.1. The first-order valence-electron chi connectivity index (χ1n) is 26.9. The molecule has 0 aliphatic heterocycles. The molecule has 0 unspecified atom stereocenters. The zero-order valence-electron chi connectivity index (χ0n) is 42.6. The molecule has 5 heterocycles. The van der Waals surface area contributed by atoms with E-state index in [9.17, 15) is 5.26 Å². The van der Waals surface area contributed by atoms with Crippen molar-refractivity contribution in [2.45, 2.75) is 0 Å². The highest BCUT2D eigenvalue weighted by molar-refractivity contribution is 6.18. The van der Waals surface area contributed by atoms with Crippen LogP contribution in [-0.4, -0.2) is 22.8 Å². The third-order valence-electron chi connectivity index (χ3n) is 16.7. The van der Waals surface area contributed by atoms with E-state index in [0.29, 0.717) is 5.56 Å². The number of hydrogen-bond acceptors (Lipinski definition) is 1. The molecule has 0 saturated heterocycles. The monoisotopic (exact) mass is 1000 g/mol. The van der Waals surface area contributed by atoms with Gasteiger partial charge in [-0.3, -0.25) is 0 Å². The standard InChI is InChI=1S/C73H44N6/c74-45-58-70(76-60-34-14-4-24-48(60)49-25-5-15-35-61(49)76)72(78-64-38-18-8-28-52(64)53-29-9-19-39-65(53)78)69(46-42-43-68-57(44-46)56-32-12-13-33-59(56)75(68)47-22-2-1-3-23-47)73(79-66-40-20-10-30-54(66)55-31-11-21-41-67(55)79)71(58)77-62-36-16-6-26-50(62)51-27-7-17-37-63(51)77/h1-44H. The fourth-order valence-electron chi connectivity index (χ4n) is 13.6. The fourth-order valence-corrected chi connectivity index (χ4v) is 13.6. The Morgan fingerprint density at radius 1 is 0.228 bits per heavy atom. The number of hydrogen-bond donors (Lipinski definition) is 0. The molecule has 17 aromatic rings. The smallest absolute Gasteiger partial charge is 0.104 e. The van der Waals surface area contributed by atoms with E-state index in [1.165, 1.54) is 0 Å². The van der Waals surface area contributed by atoms with Crippen LogP contribution in [0.3, 0.4) is 0 Å². The maximum Gasteiger partial charge on any atom is 0.104 e. The van der Waals surface area contributed by atoms with Crippen molar-refractivity contribution in [1.82, 2.24) is 22.8 Å². The van der Waals surface area contributed by atoms with Crippen molar-refractivity contribution < 1.29 is 0 Å². The van der Waals surface area contributed by atoms with Gasteiger partial charge in [0.25, 0.3) is 0 Å². The highest BCUT2D eigenvalue weighted by Gasteiger charge is 2.35. The van der Waals surface area contributed by atoms with Gasteiger partial charge in [0.05, 0.1) is 77.9 Å². The van der Waals surface area contributed by atoms with E-state index in [1.807, 2.05) is 0 Å². The van der Waals surface area contributed by atoms with Crippen molar-refractivity contribution in [3.63, 3.8) is 0 Å². The summed E-state index contributed by atoms with van der Waals surface area (Å²) in [6, 6.07) is 99.5. The summed E-state index contributed by atoms with van der Waals surface area (Å²) >= 11 is 0. The van der Waals surface area contributed by atoms with Crippen molar-refractivity contribution in [2.24, 2.45) is 0 Å². The van der Waals surface area contributed by atoms with Gasteiger partial charge in [0.1, 0.15) is 11.6 Å². The second kappa shape index (κ2) is 16.6. The number of nitriles is 1. The van der Waals surface area contributed by atoms with E-state index in [4.69, 9.17) is 0 Å². The van der Waals surface area contributed by atoms with E-state index in [2.05, 4.69) is 296 Å². The second-order valence-corrected chi connectivity index (χ2v) is 20.7. The van der Waals surface area contributed by atoms with Gasteiger partial charge in [-0.1, -0.05) is 188 Å². The van der Waals surface area contributed by atoms with E-state index in [0.717, 1.165) is 149 Å². The van der Waals surface area contributed by atoms with Crippen molar-refractivity contribution >= 4 is 109 Å². The average molecular weight is 1010 g/mol. The number of aromatic nitrogens is 5. The summed E-state index contributed by atoms with van der Waals surface area (Å²) in [4.78, 5) is 0. The number of benzene rings is 12. The molecule has 0 atom stereocenters. The molecular weight excluding hydrogens is 961 g/mol. The van der Waals surface area contributed by atoms with Crippen LogP contribution < -0.4 is 0 Å². The third-order valence-corrected chi connectivity index (χ3v) is 16.7. The highest BCUT2D eigenvalue weighted by Crippen LogP contribution is 2.52. The van der Waals surface area contributed by atoms with Crippen molar-refractivity contribution in [3.05, 3.63) is 272 Å². The number of para-hydroxylation sites is 10. The van der Waals surface area contributed by atoms with Gasteiger partial charge in [-0.05, 0) is 84.4 Å². The van der Waals surface area contributed by atoms with Crippen LogP contribution >= 0.6 is 0 Å². The summed E-state index contributed by atoms with van der Waals surface area (Å²) in [5.74, 6) is 0. The first-order valence-corrected chi connectivity index (χ1v) is 26.9. The van der Waals surface area contributed by atoms with Crippen LogP contribution in [-0.2, 0) is 0 Å². The zero-order valence-corrected chi connectivity index (χ0v) is 42.6. The van der Waals surface area contributed by atoms with E-state index >= 15 is 0 Å². The number of fused-ring (bicyclic) bond motifs is 15. The van der Waals surface area contributed by atoms with Crippen LogP contribution in [0.5, 0.6) is 0 Å². The predicted octanol–water partition coefficient (Wildman–Crippen LogP) is 18.7. The molecule has 6 nitrogen and oxygen atoms in total. The summed E-state index contributed by atoms with van der Waals surface area (Å²) in [7, 11) is 0. The fraction of sp³-hybridized carbons (Fsp3) is 0. The van der Waals surface area contributed by atoms with Crippen LogP contribution in [0.25, 0.3) is 149 Å². The van der Waals surface area contributed by atoms with Gasteiger partial charge in [0.2, 0.25) is 0 Å². The van der Waals surface area contributed by atoms with Crippen LogP contribution in [0.1, 0.15) is 5.56 Å². The molecule has 0 radical (unpaired) electrons. The molecule has 5 aromatic heterocycles. The van der Waals surface area contributed by atoms with Crippen molar-refractivity contribution in [3.8, 4) is 45.6 Å². The molecule has 0 aliphatic carbocycles. The SMILES string of the molecule is N#Cc1c(-n2c3ccccc3c3ccccc32)c(-n2c3ccccc3c3ccccc32)c(-c2ccc3c(c2)c2ccccc2n3-c2ccccc2)c(-n2c3ccccc3c3ccccc32)c1-n1c2ccccc2c2ccccc21. The van der Waals surface area contributed by atoms with Crippen molar-refractivity contribution in [1.29, 1.82) is 5.26 Å². The summed E-state index contributed by atoms with van der Waals surface area (Å²) in [6.07, 6.45) is 0. The molecule has 366 valence electrons. The lowest BCUT2D eigenvalue weighted by Crippen LogP contribution is -2.16. The lowest BCUT2D eigenvalue weighted by molar-refractivity contribution is 1.04. The van der Waals surface area contributed by atoms with E-state index in [1.54, 1.807) is 0 Å². The van der Waals surface area contributed by atoms with Crippen LogP contribution in [0.2, 0.25) is 0 Å². The largest absolute Gasteiger partial charge is 0.309 e. The quantitative estimate of drug-likeness (QED) is 0.164. The van der Waals surface area contributed by atoms with E-state index < -0.39 is 0 Å². The normalized spacial score (nSPS) is 12.0. The predicted molar refractivity (Wildman–Crippen MR) is 328 cm³/mol. The molecule has 0 saturated carbocycles. The summed E-state index contributed by atoms with van der Waals surface area (Å²) in [5.41, 5.74) is 17.4. The van der Waals surface area contributed by atoms with Crippen LogP contribution in [0.15, 0.2) is 267 Å². The third kappa shape index (κ3) is 5.93. The lowest BCUT2D eigenvalue weighted by Gasteiger charge is -2.29. The first kappa shape index (κ1) is 43.4. The minimum atomic E-state index is 0.539. The lowest BCUT2D eigenvalue weighted by atomic mass is 9.92. The molecule has 0 aliphatic rings. The van der Waals surface area contributed by atoms with Crippen molar-refractivity contribution in [2.75, 3.05) is 0 Å². The topological polar surface area (TPSA) is 48.4 Å². The van der Waals surface area contributed by atoms with Crippen LogP contribution in [0, 0.1) is 11.3 Å². The average Bonchev–Trinajstić information content (AvgIpc) is 4.18. The molecule has 79 heavy (non-hydrogen) atoms. The molecule has 0 fully saturated rings. The van der Waals surface area contributed by atoms with Gasteiger partial charge in [0.15, 0.2) is 0 Å². The second-order valence-electron chi connectivity index (χ2n) is 20.7. The Morgan fingerprint density at radius 3 is 0.797 bits per heavy atom. The molecule has 6 heteroatoms. The molecule has 0 N–H and O–H groups in total. The Morgan fingerprint density at radius 2 is 0.481 bits per heavy atom. The first-order chi connectivity index (χ1) is 39.2. The molecule has 0 amide bonds. The maximum atomic E-state index is 12.9. The minimum absolute atomic E-state index is 0.539. The van der Waals surface area contributed by atoms with E-state index in [-0.39, 0.29) is 0 Å². The molecule has 0 spiro atoms. The Balaban J connectivity index is 1.21. The van der Waals surface area contributed by atoms with Gasteiger partial charge < -0.3 is 22.8 Å².